The van der Waals surface area contributed by atoms with Crippen molar-refractivity contribution >= 4 is 11.6 Å². The van der Waals surface area contributed by atoms with Crippen molar-refractivity contribution in [2.24, 2.45) is 0 Å². The van der Waals surface area contributed by atoms with E-state index in [1.807, 2.05) is 35.2 Å². The minimum absolute atomic E-state index is 0.0400. The van der Waals surface area contributed by atoms with E-state index in [2.05, 4.69) is 4.90 Å². The Balaban J connectivity index is 1.63. The number of rotatable bonds is 5. The van der Waals surface area contributed by atoms with Crippen molar-refractivity contribution < 1.29 is 14.5 Å². The fraction of sp³-hybridized carbons (Fsp3) is 0.316. The van der Waals surface area contributed by atoms with Gasteiger partial charge < -0.3 is 9.64 Å². The highest BCUT2D eigenvalue weighted by Crippen LogP contribution is 2.25. The molecule has 0 radical (unpaired) electrons. The molecule has 1 fully saturated rings. The number of ether oxygens (including phenoxy) is 1. The molecular formula is C19H21N3O4. The van der Waals surface area contributed by atoms with Crippen LogP contribution in [0.1, 0.15) is 15.9 Å². The zero-order chi connectivity index (χ0) is 18.5. The first-order valence-electron chi connectivity index (χ1n) is 8.46. The van der Waals surface area contributed by atoms with Gasteiger partial charge in [0.05, 0.1) is 12.0 Å². The van der Waals surface area contributed by atoms with Crippen LogP contribution in [0.15, 0.2) is 48.5 Å². The van der Waals surface area contributed by atoms with E-state index in [1.165, 1.54) is 6.07 Å². The monoisotopic (exact) mass is 355 g/mol. The van der Waals surface area contributed by atoms with E-state index in [9.17, 15) is 14.9 Å². The molecular weight excluding hydrogens is 334 g/mol. The zero-order valence-electron chi connectivity index (χ0n) is 14.6. The van der Waals surface area contributed by atoms with Gasteiger partial charge in [-0.05, 0) is 18.2 Å². The van der Waals surface area contributed by atoms with Crippen LogP contribution in [0, 0.1) is 10.1 Å². The first-order chi connectivity index (χ1) is 12.6. The fourth-order valence-corrected chi connectivity index (χ4v) is 3.12. The van der Waals surface area contributed by atoms with Crippen LogP contribution in [0.2, 0.25) is 0 Å². The topological polar surface area (TPSA) is 75.9 Å². The number of methoxy groups -OCH3 is 1. The third-order valence-electron chi connectivity index (χ3n) is 4.55. The fourth-order valence-electron chi connectivity index (χ4n) is 3.12. The number of non-ortho nitro benzene ring substituents is 1. The summed E-state index contributed by atoms with van der Waals surface area (Å²) in [6.07, 6.45) is 0. The molecule has 136 valence electrons. The quantitative estimate of drug-likeness (QED) is 0.609. The SMILES string of the molecule is COc1ccc([N+](=O)[O-])cc1CN1CCN(C(=O)c2ccccc2)CC1. The number of nitro groups is 1. The Morgan fingerprint density at radius 2 is 1.81 bits per heavy atom. The Morgan fingerprint density at radius 1 is 1.12 bits per heavy atom. The maximum absolute atomic E-state index is 12.5. The maximum atomic E-state index is 12.5. The van der Waals surface area contributed by atoms with Crippen LogP contribution >= 0.6 is 0 Å². The van der Waals surface area contributed by atoms with E-state index in [-0.39, 0.29) is 11.6 Å². The molecule has 0 atom stereocenters. The van der Waals surface area contributed by atoms with Crippen molar-refractivity contribution in [3.8, 4) is 5.75 Å². The predicted octanol–water partition coefficient (Wildman–Crippen LogP) is 2.56. The van der Waals surface area contributed by atoms with E-state index < -0.39 is 4.92 Å². The largest absolute Gasteiger partial charge is 0.496 e. The number of carbonyl (C=O) groups is 1. The summed E-state index contributed by atoms with van der Waals surface area (Å²) < 4.78 is 5.32. The first kappa shape index (κ1) is 17.9. The summed E-state index contributed by atoms with van der Waals surface area (Å²) in [5.41, 5.74) is 1.53. The molecule has 1 aliphatic heterocycles. The average molecular weight is 355 g/mol. The molecule has 0 spiro atoms. The number of carbonyl (C=O) groups excluding carboxylic acids is 1. The molecule has 7 heteroatoms. The summed E-state index contributed by atoms with van der Waals surface area (Å²) >= 11 is 0. The molecule has 26 heavy (non-hydrogen) atoms. The second-order valence-corrected chi connectivity index (χ2v) is 6.19. The highest BCUT2D eigenvalue weighted by molar-refractivity contribution is 5.94. The molecule has 2 aromatic carbocycles. The Morgan fingerprint density at radius 3 is 2.42 bits per heavy atom. The Hall–Kier alpha value is -2.93. The van der Waals surface area contributed by atoms with Gasteiger partial charge >= 0.3 is 0 Å². The highest BCUT2D eigenvalue weighted by Gasteiger charge is 2.23. The number of nitro benzene ring substituents is 1. The van der Waals surface area contributed by atoms with Crippen LogP contribution in [0.3, 0.4) is 0 Å². The molecule has 0 aliphatic carbocycles. The number of amides is 1. The lowest BCUT2D eigenvalue weighted by molar-refractivity contribution is -0.385. The summed E-state index contributed by atoms with van der Waals surface area (Å²) in [5, 5.41) is 11.0. The molecule has 1 heterocycles. The summed E-state index contributed by atoms with van der Waals surface area (Å²) in [6.45, 7) is 3.24. The Kier molecular flexibility index (Phi) is 5.48. The molecule has 0 bridgehead atoms. The van der Waals surface area contributed by atoms with Crippen LogP contribution in [-0.4, -0.2) is 53.9 Å². The third-order valence-corrected chi connectivity index (χ3v) is 4.55. The van der Waals surface area contributed by atoms with E-state index in [4.69, 9.17) is 4.74 Å². The van der Waals surface area contributed by atoms with Gasteiger partial charge in [0.1, 0.15) is 5.75 Å². The summed E-state index contributed by atoms with van der Waals surface area (Å²) in [6, 6.07) is 13.9. The van der Waals surface area contributed by atoms with Crippen molar-refractivity contribution in [2.75, 3.05) is 33.3 Å². The molecule has 0 aromatic heterocycles. The number of piperazine rings is 1. The molecule has 0 saturated carbocycles. The number of nitrogens with zero attached hydrogens (tertiary/aromatic N) is 3. The van der Waals surface area contributed by atoms with E-state index in [0.29, 0.717) is 44.0 Å². The molecule has 0 unspecified atom stereocenters. The van der Waals surface area contributed by atoms with Crippen LogP contribution in [0.25, 0.3) is 0 Å². The molecule has 2 aromatic rings. The standard InChI is InChI=1S/C19H21N3O4/c1-26-18-8-7-17(22(24)25)13-16(18)14-20-9-11-21(12-10-20)19(23)15-5-3-2-4-6-15/h2-8,13H,9-12,14H2,1H3. The summed E-state index contributed by atoms with van der Waals surface area (Å²) in [5.74, 6) is 0.677. The molecule has 1 amide bonds. The lowest BCUT2D eigenvalue weighted by atomic mass is 10.1. The third kappa shape index (κ3) is 4.00. The van der Waals surface area contributed by atoms with Crippen molar-refractivity contribution in [3.05, 3.63) is 69.8 Å². The Bertz CT molecular complexity index is 787. The predicted molar refractivity (Wildman–Crippen MR) is 97.3 cm³/mol. The van der Waals surface area contributed by atoms with Crippen molar-refractivity contribution in [1.82, 2.24) is 9.80 Å². The molecule has 1 aliphatic rings. The van der Waals surface area contributed by atoms with Gasteiger partial charge in [-0.3, -0.25) is 19.8 Å². The second-order valence-electron chi connectivity index (χ2n) is 6.19. The van der Waals surface area contributed by atoms with Crippen molar-refractivity contribution in [3.63, 3.8) is 0 Å². The molecule has 7 nitrogen and oxygen atoms in total. The molecule has 0 N–H and O–H groups in total. The van der Waals surface area contributed by atoms with E-state index in [0.717, 1.165) is 5.56 Å². The average Bonchev–Trinajstić information content (AvgIpc) is 2.68. The number of hydrogen-bond acceptors (Lipinski definition) is 5. The van der Waals surface area contributed by atoms with Crippen molar-refractivity contribution in [2.45, 2.75) is 6.54 Å². The van der Waals surface area contributed by atoms with Crippen LogP contribution in [0.5, 0.6) is 5.75 Å². The summed E-state index contributed by atoms with van der Waals surface area (Å²) in [4.78, 5) is 27.1. The smallest absolute Gasteiger partial charge is 0.270 e. The zero-order valence-corrected chi connectivity index (χ0v) is 14.6. The Labute approximate surface area is 151 Å². The van der Waals surface area contributed by atoms with Gasteiger partial charge in [-0.15, -0.1) is 0 Å². The van der Waals surface area contributed by atoms with Crippen LogP contribution < -0.4 is 4.74 Å². The number of benzene rings is 2. The molecule has 1 saturated heterocycles. The van der Waals surface area contributed by atoms with Gasteiger partial charge in [0.2, 0.25) is 0 Å². The van der Waals surface area contributed by atoms with Gasteiger partial charge in [0.25, 0.3) is 11.6 Å². The highest BCUT2D eigenvalue weighted by atomic mass is 16.6. The van der Waals surface area contributed by atoms with Crippen LogP contribution in [0.4, 0.5) is 5.69 Å². The number of hydrogen-bond donors (Lipinski definition) is 0. The second kappa shape index (κ2) is 7.97. The summed E-state index contributed by atoms with van der Waals surface area (Å²) in [7, 11) is 1.56. The van der Waals surface area contributed by atoms with Gasteiger partial charge in [0.15, 0.2) is 0 Å². The first-order valence-corrected chi connectivity index (χ1v) is 8.46. The lowest BCUT2D eigenvalue weighted by Gasteiger charge is -2.35. The minimum atomic E-state index is -0.403. The van der Waals surface area contributed by atoms with E-state index >= 15 is 0 Å². The molecule has 3 rings (SSSR count). The maximum Gasteiger partial charge on any atom is 0.270 e. The van der Waals surface area contributed by atoms with Gasteiger partial charge in [-0.25, -0.2) is 0 Å². The normalized spacial score (nSPS) is 14.9. The van der Waals surface area contributed by atoms with E-state index in [1.54, 1.807) is 19.2 Å². The minimum Gasteiger partial charge on any atom is -0.496 e. The van der Waals surface area contributed by atoms with Crippen LogP contribution in [-0.2, 0) is 6.54 Å². The lowest BCUT2D eigenvalue weighted by Crippen LogP contribution is -2.48. The van der Waals surface area contributed by atoms with Crippen molar-refractivity contribution in [1.29, 1.82) is 0 Å². The van der Waals surface area contributed by atoms with Gasteiger partial charge in [-0.1, -0.05) is 18.2 Å². The van der Waals surface area contributed by atoms with Gasteiger partial charge in [-0.2, -0.15) is 0 Å². The van der Waals surface area contributed by atoms with Gasteiger partial charge in [0, 0.05) is 56.0 Å².